The van der Waals surface area contributed by atoms with Crippen molar-refractivity contribution in [1.29, 1.82) is 0 Å². The van der Waals surface area contributed by atoms with Gasteiger partial charge < -0.3 is 15.0 Å². The maximum absolute atomic E-state index is 13.6. The highest BCUT2D eigenvalue weighted by molar-refractivity contribution is 5.85. The molecule has 34 heavy (non-hydrogen) atoms. The van der Waals surface area contributed by atoms with Gasteiger partial charge >= 0.3 is 12.3 Å². The van der Waals surface area contributed by atoms with Gasteiger partial charge in [0.25, 0.3) is 0 Å². The molecular formula is C25H34F3N3O3. The number of pyridine rings is 1. The van der Waals surface area contributed by atoms with Crippen LogP contribution in [-0.2, 0) is 15.7 Å². The lowest BCUT2D eigenvalue weighted by atomic mass is 9.74. The molecule has 1 aromatic rings. The Morgan fingerprint density at radius 3 is 2.53 bits per heavy atom. The Labute approximate surface area is 198 Å². The summed E-state index contributed by atoms with van der Waals surface area (Å²) in [6.45, 7) is 10.2. The molecule has 1 fully saturated rings. The van der Waals surface area contributed by atoms with Crippen molar-refractivity contribution in [2.24, 2.45) is 11.3 Å². The molecule has 2 atom stereocenters. The van der Waals surface area contributed by atoms with E-state index in [1.807, 2.05) is 13.8 Å². The minimum absolute atomic E-state index is 0.0308. The maximum Gasteiger partial charge on any atom is 0.416 e. The molecule has 2 amide bonds. The van der Waals surface area contributed by atoms with Crippen LogP contribution in [0.15, 0.2) is 24.4 Å². The zero-order valence-corrected chi connectivity index (χ0v) is 20.5. The summed E-state index contributed by atoms with van der Waals surface area (Å²) in [5, 5.41) is 2.90. The third kappa shape index (κ3) is 5.91. The van der Waals surface area contributed by atoms with Crippen molar-refractivity contribution in [2.75, 3.05) is 13.1 Å². The Balaban J connectivity index is 1.69. The van der Waals surface area contributed by atoms with Gasteiger partial charge in [-0.05, 0) is 70.1 Å². The number of alkyl halides is 3. The number of nitrogens with one attached hydrogen (secondary N) is 1. The maximum atomic E-state index is 13.6. The largest absolute Gasteiger partial charge is 0.444 e. The fourth-order valence-corrected chi connectivity index (χ4v) is 4.82. The van der Waals surface area contributed by atoms with Crippen molar-refractivity contribution in [3.8, 4) is 0 Å². The molecule has 0 spiro atoms. The van der Waals surface area contributed by atoms with Gasteiger partial charge in [0, 0.05) is 25.3 Å². The van der Waals surface area contributed by atoms with Crippen LogP contribution in [0.5, 0.6) is 0 Å². The van der Waals surface area contributed by atoms with Crippen molar-refractivity contribution in [2.45, 2.75) is 78.1 Å². The molecule has 1 saturated carbocycles. The molecule has 1 aliphatic carbocycles. The number of halogens is 3. The molecule has 188 valence electrons. The van der Waals surface area contributed by atoms with E-state index < -0.39 is 28.8 Å². The number of nitrogens with zero attached hydrogens (tertiary/aromatic N) is 2. The normalized spacial score (nSPS) is 23.6. The van der Waals surface area contributed by atoms with Gasteiger partial charge in [-0.2, -0.15) is 13.2 Å². The molecule has 1 aromatic heterocycles. The van der Waals surface area contributed by atoms with E-state index in [0.29, 0.717) is 50.0 Å². The van der Waals surface area contributed by atoms with E-state index in [2.05, 4.69) is 10.3 Å². The van der Waals surface area contributed by atoms with E-state index in [1.54, 1.807) is 31.7 Å². The first-order valence-electron chi connectivity index (χ1n) is 11.7. The molecule has 6 nitrogen and oxygen atoms in total. The second-order valence-corrected chi connectivity index (χ2v) is 10.6. The van der Waals surface area contributed by atoms with Crippen LogP contribution in [0.2, 0.25) is 0 Å². The zero-order chi connectivity index (χ0) is 25.3. The molecule has 2 aliphatic rings. The second-order valence-electron chi connectivity index (χ2n) is 10.6. The van der Waals surface area contributed by atoms with Crippen molar-refractivity contribution >= 4 is 17.6 Å². The Morgan fingerprint density at radius 1 is 1.26 bits per heavy atom. The highest BCUT2D eigenvalue weighted by atomic mass is 19.4. The molecule has 1 aliphatic heterocycles. The first-order chi connectivity index (χ1) is 15.7. The number of ether oxygens (including phenoxy) is 1. The fraction of sp³-hybridized carbons (Fsp3) is 0.640. The summed E-state index contributed by atoms with van der Waals surface area (Å²) >= 11 is 0. The molecule has 2 heterocycles. The third-order valence-electron chi connectivity index (χ3n) is 6.71. The molecule has 1 N–H and O–H groups in total. The average Bonchev–Trinajstić information content (AvgIpc) is 3.16. The number of alkyl carbamates (subject to hydrolysis) is 1. The summed E-state index contributed by atoms with van der Waals surface area (Å²) in [6.07, 6.45) is 0.371. The summed E-state index contributed by atoms with van der Waals surface area (Å²) in [5.41, 5.74) is -0.919. The van der Waals surface area contributed by atoms with Crippen LogP contribution in [0.3, 0.4) is 0 Å². The van der Waals surface area contributed by atoms with Crippen LogP contribution in [0, 0.1) is 11.3 Å². The summed E-state index contributed by atoms with van der Waals surface area (Å²) < 4.78 is 44.5. The van der Waals surface area contributed by atoms with E-state index in [-0.39, 0.29) is 17.9 Å². The van der Waals surface area contributed by atoms with Gasteiger partial charge in [-0.1, -0.05) is 19.9 Å². The lowest BCUT2D eigenvalue weighted by molar-refractivity contribution is -0.144. The SMILES string of the molecule is CC(C)[C@]1(C(=O)N2CC=C(c3cc(C(F)(F)F)ccn3)CC2)CCC(NC(=O)OC(C)(C)C)C1. The monoisotopic (exact) mass is 481 g/mol. The van der Waals surface area contributed by atoms with Crippen molar-refractivity contribution in [3.05, 3.63) is 35.7 Å². The van der Waals surface area contributed by atoms with Crippen molar-refractivity contribution in [1.82, 2.24) is 15.2 Å². The molecule has 1 unspecified atom stereocenters. The van der Waals surface area contributed by atoms with Crippen LogP contribution >= 0.6 is 0 Å². The van der Waals surface area contributed by atoms with Gasteiger partial charge in [0.1, 0.15) is 5.60 Å². The van der Waals surface area contributed by atoms with Crippen LogP contribution in [0.4, 0.5) is 18.0 Å². The van der Waals surface area contributed by atoms with Gasteiger partial charge in [0.05, 0.1) is 16.7 Å². The quantitative estimate of drug-likeness (QED) is 0.622. The highest BCUT2D eigenvalue weighted by Gasteiger charge is 2.49. The Hall–Kier alpha value is -2.58. The lowest BCUT2D eigenvalue weighted by Crippen LogP contribution is -2.48. The molecule has 3 rings (SSSR count). The summed E-state index contributed by atoms with van der Waals surface area (Å²) in [5.74, 6) is 0.101. The van der Waals surface area contributed by atoms with E-state index >= 15 is 0 Å². The molecule has 0 radical (unpaired) electrons. The number of hydrogen-bond acceptors (Lipinski definition) is 4. The first kappa shape index (κ1) is 26.0. The van der Waals surface area contributed by atoms with Crippen molar-refractivity contribution in [3.63, 3.8) is 0 Å². The van der Waals surface area contributed by atoms with E-state index in [1.165, 1.54) is 6.20 Å². The number of aromatic nitrogens is 1. The van der Waals surface area contributed by atoms with Crippen LogP contribution in [-0.4, -0.2) is 46.6 Å². The number of amides is 2. The van der Waals surface area contributed by atoms with Crippen LogP contribution in [0.1, 0.15) is 71.6 Å². The van der Waals surface area contributed by atoms with Gasteiger partial charge in [-0.15, -0.1) is 0 Å². The average molecular weight is 482 g/mol. The highest BCUT2D eigenvalue weighted by Crippen LogP contribution is 2.46. The fourth-order valence-electron chi connectivity index (χ4n) is 4.82. The predicted octanol–water partition coefficient (Wildman–Crippen LogP) is 5.44. The summed E-state index contributed by atoms with van der Waals surface area (Å²) in [6, 6.07) is 1.87. The Bertz CT molecular complexity index is 953. The van der Waals surface area contributed by atoms with E-state index in [9.17, 15) is 22.8 Å². The van der Waals surface area contributed by atoms with Gasteiger partial charge in [-0.3, -0.25) is 9.78 Å². The predicted molar refractivity (Wildman–Crippen MR) is 123 cm³/mol. The molecule has 0 bridgehead atoms. The van der Waals surface area contributed by atoms with Crippen LogP contribution < -0.4 is 5.32 Å². The minimum atomic E-state index is -4.43. The number of rotatable bonds is 4. The lowest BCUT2D eigenvalue weighted by Gasteiger charge is -2.39. The summed E-state index contributed by atoms with van der Waals surface area (Å²) in [4.78, 5) is 31.7. The number of carbonyl (C=O) groups excluding carboxylic acids is 2. The third-order valence-corrected chi connectivity index (χ3v) is 6.71. The van der Waals surface area contributed by atoms with E-state index in [0.717, 1.165) is 12.1 Å². The molecule has 0 saturated heterocycles. The summed E-state index contributed by atoms with van der Waals surface area (Å²) in [7, 11) is 0. The zero-order valence-electron chi connectivity index (χ0n) is 20.5. The molecule has 0 aromatic carbocycles. The van der Waals surface area contributed by atoms with Gasteiger partial charge in [0.15, 0.2) is 0 Å². The standard InChI is InChI=1S/C25H34F3N3O3/c1-16(2)24(10-6-19(15-24)30-22(33)34-23(3,4)5)21(32)31-12-8-17(9-13-31)20-14-18(7-11-29-20)25(26,27)28/h7-8,11,14,16,19H,6,9-10,12-13,15H2,1-5H3,(H,30,33)/t19?,24-/m0/s1. The Kier molecular flexibility index (Phi) is 7.34. The van der Waals surface area contributed by atoms with E-state index in [4.69, 9.17) is 4.74 Å². The Morgan fingerprint density at radius 2 is 1.97 bits per heavy atom. The minimum Gasteiger partial charge on any atom is -0.444 e. The number of carbonyl (C=O) groups is 2. The first-order valence-corrected chi connectivity index (χ1v) is 11.7. The molecule has 9 heteroatoms. The van der Waals surface area contributed by atoms with Gasteiger partial charge in [-0.25, -0.2) is 4.79 Å². The van der Waals surface area contributed by atoms with Crippen molar-refractivity contribution < 1.29 is 27.5 Å². The molecular weight excluding hydrogens is 447 g/mol. The second kappa shape index (κ2) is 9.58. The number of hydrogen-bond donors (Lipinski definition) is 1. The van der Waals surface area contributed by atoms with Crippen LogP contribution in [0.25, 0.3) is 5.57 Å². The smallest absolute Gasteiger partial charge is 0.416 e. The van der Waals surface area contributed by atoms with Gasteiger partial charge in [0.2, 0.25) is 5.91 Å². The topological polar surface area (TPSA) is 71.5 Å².